The van der Waals surface area contributed by atoms with Crippen molar-refractivity contribution in [1.29, 1.82) is 0 Å². The molecular formula is C26H26N2O4. The first-order valence-electron chi connectivity index (χ1n) is 10.7. The highest BCUT2D eigenvalue weighted by Gasteiger charge is 2.25. The summed E-state index contributed by atoms with van der Waals surface area (Å²) in [6, 6.07) is 23.0. The normalized spacial score (nSPS) is 12.7. The van der Waals surface area contributed by atoms with E-state index in [4.69, 9.17) is 9.47 Å². The van der Waals surface area contributed by atoms with Crippen molar-refractivity contribution >= 4 is 23.2 Å². The van der Waals surface area contributed by atoms with Gasteiger partial charge in [-0.15, -0.1) is 0 Å². The predicted octanol–water partition coefficient (Wildman–Crippen LogP) is 4.37. The smallest absolute Gasteiger partial charge is 0.265 e. The number of nitrogens with zero attached hydrogens (tertiary/aromatic N) is 1. The van der Waals surface area contributed by atoms with Gasteiger partial charge in [-0.3, -0.25) is 9.59 Å². The van der Waals surface area contributed by atoms with Crippen LogP contribution < -0.4 is 19.7 Å². The maximum atomic E-state index is 12.4. The van der Waals surface area contributed by atoms with Crippen LogP contribution in [0, 0.1) is 6.92 Å². The van der Waals surface area contributed by atoms with Crippen molar-refractivity contribution in [3.63, 3.8) is 0 Å². The summed E-state index contributed by atoms with van der Waals surface area (Å²) in [4.78, 5) is 26.4. The molecule has 0 saturated heterocycles. The number of benzene rings is 3. The Kier molecular flexibility index (Phi) is 6.70. The van der Waals surface area contributed by atoms with Gasteiger partial charge >= 0.3 is 0 Å². The Morgan fingerprint density at radius 1 is 1.06 bits per heavy atom. The predicted molar refractivity (Wildman–Crippen MR) is 124 cm³/mol. The van der Waals surface area contributed by atoms with Gasteiger partial charge in [0.05, 0.1) is 12.2 Å². The first-order valence-corrected chi connectivity index (χ1v) is 10.7. The molecule has 6 heteroatoms. The topological polar surface area (TPSA) is 67.9 Å². The highest BCUT2D eigenvalue weighted by atomic mass is 16.5. The quantitative estimate of drug-likeness (QED) is 0.576. The molecule has 0 aromatic heterocycles. The Morgan fingerprint density at radius 2 is 1.84 bits per heavy atom. The molecule has 1 heterocycles. The van der Waals surface area contributed by atoms with E-state index in [1.165, 1.54) is 5.56 Å². The Bertz CT molecular complexity index is 1080. The lowest BCUT2D eigenvalue weighted by atomic mass is 10.1. The maximum absolute atomic E-state index is 12.4. The molecule has 32 heavy (non-hydrogen) atoms. The molecule has 0 unspecified atom stereocenters. The minimum atomic E-state index is -0.121. The lowest BCUT2D eigenvalue weighted by molar-refractivity contribution is -0.121. The van der Waals surface area contributed by atoms with Crippen molar-refractivity contribution in [3.8, 4) is 11.5 Å². The number of aryl methyl sites for hydroxylation is 2. The number of nitrogens with one attached hydrogen (secondary N) is 1. The second-order valence-electron chi connectivity index (χ2n) is 7.71. The minimum absolute atomic E-state index is 0.0385. The first-order chi connectivity index (χ1) is 15.6. The third kappa shape index (κ3) is 5.46. The molecule has 0 aliphatic carbocycles. The van der Waals surface area contributed by atoms with E-state index in [9.17, 15) is 9.59 Å². The number of carbonyl (C=O) groups excluding carboxylic acids is 2. The van der Waals surface area contributed by atoms with Gasteiger partial charge in [0.1, 0.15) is 18.1 Å². The largest absolute Gasteiger partial charge is 0.492 e. The molecule has 164 valence electrons. The molecule has 3 aromatic rings. The van der Waals surface area contributed by atoms with Crippen LogP contribution in [0.5, 0.6) is 11.5 Å². The van der Waals surface area contributed by atoms with Crippen LogP contribution in [0.4, 0.5) is 11.4 Å². The van der Waals surface area contributed by atoms with Crippen molar-refractivity contribution in [2.24, 2.45) is 0 Å². The number of hydrogen-bond donors (Lipinski definition) is 1. The van der Waals surface area contributed by atoms with Gasteiger partial charge in [-0.05, 0) is 43.2 Å². The van der Waals surface area contributed by atoms with Crippen molar-refractivity contribution < 1.29 is 19.1 Å². The molecule has 0 bridgehead atoms. The summed E-state index contributed by atoms with van der Waals surface area (Å²) in [5.74, 6) is 1.15. The molecule has 3 aromatic carbocycles. The molecule has 1 N–H and O–H groups in total. The van der Waals surface area contributed by atoms with E-state index < -0.39 is 0 Å². The van der Waals surface area contributed by atoms with E-state index in [1.807, 2.05) is 61.5 Å². The first kappa shape index (κ1) is 21.4. The van der Waals surface area contributed by atoms with Crippen molar-refractivity contribution in [3.05, 3.63) is 83.9 Å². The van der Waals surface area contributed by atoms with Gasteiger partial charge in [-0.25, -0.2) is 0 Å². The zero-order valence-corrected chi connectivity index (χ0v) is 18.0. The molecule has 0 radical (unpaired) electrons. The fraction of sp³-hybridized carbons (Fsp3) is 0.231. The molecule has 1 aliphatic heterocycles. The van der Waals surface area contributed by atoms with Gasteiger partial charge in [-0.1, -0.05) is 48.0 Å². The minimum Gasteiger partial charge on any atom is -0.492 e. The Labute approximate surface area is 187 Å². The number of amides is 2. The molecule has 2 amide bonds. The van der Waals surface area contributed by atoms with Crippen LogP contribution in [0.1, 0.15) is 17.5 Å². The molecular weight excluding hydrogens is 404 g/mol. The monoisotopic (exact) mass is 430 g/mol. The van der Waals surface area contributed by atoms with Crippen molar-refractivity contribution in [2.45, 2.75) is 19.8 Å². The maximum Gasteiger partial charge on any atom is 0.265 e. The van der Waals surface area contributed by atoms with Gasteiger partial charge < -0.3 is 19.7 Å². The number of fused-ring (bicyclic) bond motifs is 1. The van der Waals surface area contributed by atoms with Crippen LogP contribution >= 0.6 is 0 Å². The third-order valence-electron chi connectivity index (χ3n) is 5.27. The van der Waals surface area contributed by atoms with E-state index in [2.05, 4.69) is 5.32 Å². The van der Waals surface area contributed by atoms with E-state index >= 15 is 0 Å². The molecule has 0 fully saturated rings. The standard InChI is InChI=1S/C26H26N2O4/c1-19-7-9-20(10-8-19)11-14-25(29)27-21-12-13-23-24(17-21)32-18-26(30)28(23)15-16-31-22-5-3-2-4-6-22/h2-10,12-13,17H,11,14-16,18H2,1H3,(H,27,29). The Balaban J connectivity index is 1.34. The van der Waals surface area contributed by atoms with Crippen LogP contribution in [0.3, 0.4) is 0 Å². The third-order valence-corrected chi connectivity index (χ3v) is 5.27. The zero-order chi connectivity index (χ0) is 22.3. The van der Waals surface area contributed by atoms with Crippen LogP contribution in [-0.4, -0.2) is 31.6 Å². The van der Waals surface area contributed by atoms with Gasteiger partial charge in [0.15, 0.2) is 6.61 Å². The van der Waals surface area contributed by atoms with Crippen LogP contribution in [0.25, 0.3) is 0 Å². The highest BCUT2D eigenvalue weighted by Crippen LogP contribution is 2.34. The average Bonchev–Trinajstić information content (AvgIpc) is 2.81. The molecule has 4 rings (SSSR count). The van der Waals surface area contributed by atoms with Crippen LogP contribution in [0.2, 0.25) is 0 Å². The van der Waals surface area contributed by atoms with Gasteiger partial charge in [0, 0.05) is 18.2 Å². The van der Waals surface area contributed by atoms with Crippen LogP contribution in [0.15, 0.2) is 72.8 Å². The summed E-state index contributed by atoms with van der Waals surface area (Å²) >= 11 is 0. The lowest BCUT2D eigenvalue weighted by Gasteiger charge is -2.29. The molecule has 1 aliphatic rings. The molecule has 0 atom stereocenters. The van der Waals surface area contributed by atoms with Crippen molar-refractivity contribution in [1.82, 2.24) is 0 Å². The van der Waals surface area contributed by atoms with Crippen LogP contribution in [-0.2, 0) is 16.0 Å². The Hall–Kier alpha value is -3.80. The summed E-state index contributed by atoms with van der Waals surface area (Å²) in [6.07, 6.45) is 1.07. The average molecular weight is 431 g/mol. The number of anilines is 2. The summed E-state index contributed by atoms with van der Waals surface area (Å²) in [7, 11) is 0. The fourth-order valence-corrected chi connectivity index (χ4v) is 3.53. The van der Waals surface area contributed by atoms with E-state index in [0.29, 0.717) is 43.1 Å². The number of ether oxygens (including phenoxy) is 2. The molecule has 0 saturated carbocycles. The summed E-state index contributed by atoms with van der Waals surface area (Å²) in [6.45, 7) is 2.78. The second-order valence-corrected chi connectivity index (χ2v) is 7.71. The number of rotatable bonds is 8. The van der Waals surface area contributed by atoms with Gasteiger partial charge in [-0.2, -0.15) is 0 Å². The zero-order valence-electron chi connectivity index (χ0n) is 18.0. The summed E-state index contributed by atoms with van der Waals surface area (Å²) < 4.78 is 11.3. The van der Waals surface area contributed by atoms with E-state index in [-0.39, 0.29) is 18.4 Å². The number of para-hydroxylation sites is 1. The van der Waals surface area contributed by atoms with Crippen molar-refractivity contribution in [2.75, 3.05) is 30.0 Å². The van der Waals surface area contributed by atoms with Gasteiger partial charge in [0.2, 0.25) is 5.91 Å². The van der Waals surface area contributed by atoms with Gasteiger partial charge in [0.25, 0.3) is 5.91 Å². The highest BCUT2D eigenvalue weighted by molar-refractivity contribution is 5.99. The molecule has 0 spiro atoms. The number of hydrogen-bond acceptors (Lipinski definition) is 4. The fourth-order valence-electron chi connectivity index (χ4n) is 3.53. The van der Waals surface area contributed by atoms with E-state index in [1.54, 1.807) is 23.1 Å². The summed E-state index contributed by atoms with van der Waals surface area (Å²) in [5.41, 5.74) is 3.65. The SMILES string of the molecule is Cc1ccc(CCC(=O)Nc2ccc3c(c2)OCC(=O)N3CCOc2ccccc2)cc1. The lowest BCUT2D eigenvalue weighted by Crippen LogP contribution is -2.41. The second kappa shape index (κ2) is 10.0. The van der Waals surface area contributed by atoms with E-state index in [0.717, 1.165) is 11.3 Å². The Morgan fingerprint density at radius 3 is 2.62 bits per heavy atom. The molecule has 6 nitrogen and oxygen atoms in total. The summed E-state index contributed by atoms with van der Waals surface area (Å²) in [5, 5.41) is 2.92. The number of carbonyl (C=O) groups is 2.